The van der Waals surface area contributed by atoms with Crippen LogP contribution in [0.2, 0.25) is 5.02 Å². The molecule has 0 atom stereocenters. The van der Waals surface area contributed by atoms with E-state index in [2.05, 4.69) is 10.6 Å². The first-order valence-electron chi connectivity index (χ1n) is 8.47. The van der Waals surface area contributed by atoms with Gasteiger partial charge in [0.25, 0.3) is 5.91 Å². The van der Waals surface area contributed by atoms with Gasteiger partial charge in [0.1, 0.15) is 11.5 Å². The maximum Gasteiger partial charge on any atom is 0.251 e. The summed E-state index contributed by atoms with van der Waals surface area (Å²) >= 11 is 5.88. The van der Waals surface area contributed by atoms with Crippen LogP contribution in [0.1, 0.15) is 21.7 Å². The number of hydrogen-bond donors (Lipinski definition) is 2. The van der Waals surface area contributed by atoms with Crippen LogP contribution in [0.15, 0.2) is 65.1 Å². The van der Waals surface area contributed by atoms with E-state index in [1.165, 1.54) is 0 Å². The van der Waals surface area contributed by atoms with Gasteiger partial charge in [-0.1, -0.05) is 29.3 Å². The molecular formula is C21H19ClN2O3. The second kappa shape index (κ2) is 8.56. The highest BCUT2D eigenvalue weighted by Gasteiger charge is 2.09. The van der Waals surface area contributed by atoms with Gasteiger partial charge in [0.15, 0.2) is 0 Å². The molecule has 2 N–H and O–H groups in total. The SMILES string of the molecule is Cc1ccc(C(=O)NCC(=O)NCc2ccc(-c3ccc(Cl)cc3)o2)cc1. The number of aryl methyl sites for hydroxylation is 1. The predicted octanol–water partition coefficient (Wildman–Crippen LogP) is 3.95. The Morgan fingerprint density at radius 2 is 1.63 bits per heavy atom. The molecule has 27 heavy (non-hydrogen) atoms. The highest BCUT2D eigenvalue weighted by Crippen LogP contribution is 2.23. The molecule has 2 aromatic carbocycles. The number of benzene rings is 2. The molecule has 0 spiro atoms. The first kappa shape index (κ1) is 18.7. The van der Waals surface area contributed by atoms with Gasteiger partial charge in [0.05, 0.1) is 13.1 Å². The average molecular weight is 383 g/mol. The van der Waals surface area contributed by atoms with Gasteiger partial charge in [-0.2, -0.15) is 0 Å². The summed E-state index contributed by atoms with van der Waals surface area (Å²) in [6, 6.07) is 18.1. The highest BCUT2D eigenvalue weighted by molar-refractivity contribution is 6.30. The van der Waals surface area contributed by atoms with Crippen LogP contribution in [0.5, 0.6) is 0 Å². The fourth-order valence-electron chi connectivity index (χ4n) is 2.46. The predicted molar refractivity (Wildman–Crippen MR) is 105 cm³/mol. The summed E-state index contributed by atoms with van der Waals surface area (Å²) in [6.07, 6.45) is 0. The van der Waals surface area contributed by atoms with E-state index < -0.39 is 0 Å². The minimum absolute atomic E-state index is 0.0997. The number of nitrogens with one attached hydrogen (secondary N) is 2. The monoisotopic (exact) mass is 382 g/mol. The molecule has 0 unspecified atom stereocenters. The summed E-state index contributed by atoms with van der Waals surface area (Å²) < 4.78 is 5.72. The molecule has 0 saturated heterocycles. The van der Waals surface area contributed by atoms with Crippen molar-refractivity contribution in [2.75, 3.05) is 6.54 Å². The van der Waals surface area contributed by atoms with Gasteiger partial charge < -0.3 is 15.1 Å². The summed E-state index contributed by atoms with van der Waals surface area (Å²) in [5.74, 6) is 0.745. The van der Waals surface area contributed by atoms with E-state index in [0.717, 1.165) is 11.1 Å². The maximum absolute atomic E-state index is 12.0. The molecule has 0 aliphatic heterocycles. The quantitative estimate of drug-likeness (QED) is 0.678. The molecule has 0 fully saturated rings. The van der Waals surface area contributed by atoms with E-state index in [0.29, 0.717) is 22.1 Å². The van der Waals surface area contributed by atoms with Crippen LogP contribution in [-0.2, 0) is 11.3 Å². The number of rotatable bonds is 6. The molecule has 1 heterocycles. The van der Waals surface area contributed by atoms with Crippen LogP contribution in [0.4, 0.5) is 0 Å². The van der Waals surface area contributed by atoms with Gasteiger partial charge in [-0.15, -0.1) is 0 Å². The molecule has 6 heteroatoms. The van der Waals surface area contributed by atoms with E-state index in [4.69, 9.17) is 16.0 Å². The third-order valence-corrected chi connectivity index (χ3v) is 4.23. The van der Waals surface area contributed by atoms with Gasteiger partial charge in [-0.3, -0.25) is 9.59 Å². The molecule has 138 valence electrons. The average Bonchev–Trinajstić information content (AvgIpc) is 3.14. The summed E-state index contributed by atoms with van der Waals surface area (Å²) in [5, 5.41) is 5.97. The van der Waals surface area contributed by atoms with Gasteiger partial charge in [-0.25, -0.2) is 0 Å². The molecule has 2 amide bonds. The lowest BCUT2D eigenvalue weighted by atomic mass is 10.1. The third-order valence-electron chi connectivity index (χ3n) is 3.97. The van der Waals surface area contributed by atoms with Gasteiger partial charge in [-0.05, 0) is 55.5 Å². The Bertz CT molecular complexity index is 931. The Morgan fingerprint density at radius 1 is 0.926 bits per heavy atom. The molecule has 3 aromatic rings. The lowest BCUT2D eigenvalue weighted by Gasteiger charge is -2.06. The zero-order chi connectivity index (χ0) is 19.2. The second-order valence-corrected chi connectivity index (χ2v) is 6.53. The van der Waals surface area contributed by atoms with Crippen molar-refractivity contribution in [1.29, 1.82) is 0 Å². The summed E-state index contributed by atoms with van der Waals surface area (Å²) in [4.78, 5) is 23.9. The zero-order valence-electron chi connectivity index (χ0n) is 14.8. The van der Waals surface area contributed by atoms with Gasteiger partial charge in [0, 0.05) is 16.1 Å². The van der Waals surface area contributed by atoms with Crippen molar-refractivity contribution < 1.29 is 14.0 Å². The van der Waals surface area contributed by atoms with Crippen molar-refractivity contribution in [3.8, 4) is 11.3 Å². The van der Waals surface area contributed by atoms with Crippen molar-refractivity contribution in [1.82, 2.24) is 10.6 Å². The second-order valence-electron chi connectivity index (χ2n) is 6.10. The zero-order valence-corrected chi connectivity index (χ0v) is 15.5. The Kier molecular flexibility index (Phi) is 5.94. The smallest absolute Gasteiger partial charge is 0.251 e. The van der Waals surface area contributed by atoms with E-state index in [1.807, 2.05) is 37.3 Å². The lowest BCUT2D eigenvalue weighted by Crippen LogP contribution is -2.36. The molecule has 0 aliphatic rings. The third kappa shape index (κ3) is 5.21. The minimum atomic E-state index is -0.292. The number of amides is 2. The van der Waals surface area contributed by atoms with Crippen molar-refractivity contribution in [2.45, 2.75) is 13.5 Å². The normalized spacial score (nSPS) is 10.4. The molecule has 5 nitrogen and oxygen atoms in total. The Labute approximate surface area is 162 Å². The van der Waals surface area contributed by atoms with E-state index in [1.54, 1.807) is 30.3 Å². The topological polar surface area (TPSA) is 71.3 Å². The lowest BCUT2D eigenvalue weighted by molar-refractivity contribution is -0.120. The van der Waals surface area contributed by atoms with Crippen molar-refractivity contribution >= 4 is 23.4 Å². The summed E-state index contributed by atoms with van der Waals surface area (Å²) in [5.41, 5.74) is 2.50. The number of furan rings is 1. The summed E-state index contributed by atoms with van der Waals surface area (Å²) in [6.45, 7) is 2.09. The molecule has 3 rings (SSSR count). The molecule has 0 radical (unpaired) electrons. The fraction of sp³-hybridized carbons (Fsp3) is 0.143. The van der Waals surface area contributed by atoms with Crippen LogP contribution in [0.3, 0.4) is 0 Å². The Hall–Kier alpha value is -3.05. The molecule has 1 aromatic heterocycles. The van der Waals surface area contributed by atoms with Gasteiger partial charge >= 0.3 is 0 Å². The number of hydrogen-bond acceptors (Lipinski definition) is 3. The Balaban J connectivity index is 1.47. The maximum atomic E-state index is 12.0. The van der Waals surface area contributed by atoms with E-state index >= 15 is 0 Å². The molecular weight excluding hydrogens is 364 g/mol. The van der Waals surface area contributed by atoms with E-state index in [-0.39, 0.29) is 24.9 Å². The van der Waals surface area contributed by atoms with E-state index in [9.17, 15) is 9.59 Å². The van der Waals surface area contributed by atoms with Crippen LogP contribution in [-0.4, -0.2) is 18.4 Å². The van der Waals surface area contributed by atoms with Gasteiger partial charge in [0.2, 0.25) is 5.91 Å². The van der Waals surface area contributed by atoms with Crippen molar-refractivity contribution in [3.05, 3.63) is 82.6 Å². The first-order chi connectivity index (χ1) is 13.0. The van der Waals surface area contributed by atoms with Crippen molar-refractivity contribution in [3.63, 3.8) is 0 Å². The standard InChI is InChI=1S/C21H19ClN2O3/c1-14-2-4-16(5-3-14)21(26)24-13-20(25)23-12-18-10-11-19(27-18)15-6-8-17(22)9-7-15/h2-11H,12-13H2,1H3,(H,23,25)(H,24,26). The number of halogens is 1. The van der Waals surface area contributed by atoms with Crippen LogP contribution in [0, 0.1) is 6.92 Å². The van der Waals surface area contributed by atoms with Crippen molar-refractivity contribution in [2.24, 2.45) is 0 Å². The van der Waals surface area contributed by atoms with Crippen LogP contribution >= 0.6 is 11.6 Å². The largest absolute Gasteiger partial charge is 0.459 e. The first-order valence-corrected chi connectivity index (χ1v) is 8.85. The summed E-state index contributed by atoms with van der Waals surface area (Å²) in [7, 11) is 0. The van der Waals surface area contributed by atoms with Crippen LogP contribution in [0.25, 0.3) is 11.3 Å². The fourth-order valence-corrected chi connectivity index (χ4v) is 2.58. The molecule has 0 aliphatic carbocycles. The van der Waals surface area contributed by atoms with Crippen LogP contribution < -0.4 is 10.6 Å². The number of carbonyl (C=O) groups excluding carboxylic acids is 2. The highest BCUT2D eigenvalue weighted by atomic mass is 35.5. The number of carbonyl (C=O) groups is 2. The molecule has 0 saturated carbocycles. The Morgan fingerprint density at radius 3 is 2.33 bits per heavy atom. The minimum Gasteiger partial charge on any atom is -0.459 e. The molecule has 0 bridgehead atoms.